The average molecular weight is 343 g/mol. The summed E-state index contributed by atoms with van der Waals surface area (Å²) in [6.07, 6.45) is 3.35. The van der Waals surface area contributed by atoms with E-state index in [1.54, 1.807) is 0 Å². The summed E-state index contributed by atoms with van der Waals surface area (Å²) in [6, 6.07) is -0.174. The van der Waals surface area contributed by atoms with Crippen LogP contribution in [0.4, 0.5) is 0 Å². The van der Waals surface area contributed by atoms with Crippen LogP contribution in [0.25, 0.3) is 0 Å². The summed E-state index contributed by atoms with van der Waals surface area (Å²) in [5.74, 6) is 0.128. The molecule has 2 saturated heterocycles. The molecule has 0 amide bonds. The fraction of sp³-hybridized carbons (Fsp3) is 0.786. The van der Waals surface area contributed by atoms with Crippen LogP contribution in [-0.4, -0.2) is 67.7 Å². The molecule has 130 valence electrons. The summed E-state index contributed by atoms with van der Waals surface area (Å²) in [7, 11) is -3.49. The second-order valence-corrected chi connectivity index (χ2v) is 8.04. The van der Waals surface area contributed by atoms with Crippen molar-refractivity contribution >= 4 is 29.2 Å². The predicted molar refractivity (Wildman–Crippen MR) is 89.6 cm³/mol. The molecule has 2 atom stereocenters. The molecule has 23 heavy (non-hydrogen) atoms. The van der Waals surface area contributed by atoms with Gasteiger partial charge in [0, 0.05) is 31.6 Å². The van der Waals surface area contributed by atoms with Crippen molar-refractivity contribution in [1.29, 1.82) is 0 Å². The molecule has 0 radical (unpaired) electrons. The van der Waals surface area contributed by atoms with E-state index in [1.165, 1.54) is 8.61 Å². The number of guanidine groups is 1. The van der Waals surface area contributed by atoms with Crippen molar-refractivity contribution in [2.75, 3.05) is 19.6 Å². The lowest BCUT2D eigenvalue weighted by Gasteiger charge is -2.39. The van der Waals surface area contributed by atoms with E-state index < -0.39 is 10.2 Å². The van der Waals surface area contributed by atoms with Gasteiger partial charge in [0.2, 0.25) is 5.96 Å². The molecular weight excluding hydrogens is 318 g/mol. The number of aldehydes is 1. The smallest absolute Gasteiger partial charge is 0.282 e. The van der Waals surface area contributed by atoms with Gasteiger partial charge in [-0.2, -0.15) is 17.0 Å². The second-order valence-electron chi connectivity index (χ2n) is 6.16. The van der Waals surface area contributed by atoms with E-state index in [4.69, 9.17) is 5.73 Å². The van der Waals surface area contributed by atoms with E-state index in [0.717, 1.165) is 6.29 Å². The molecule has 0 aliphatic carbocycles. The van der Waals surface area contributed by atoms with Gasteiger partial charge in [-0.3, -0.25) is 0 Å². The summed E-state index contributed by atoms with van der Waals surface area (Å²) < 4.78 is 28.6. The van der Waals surface area contributed by atoms with Gasteiger partial charge in [-0.25, -0.2) is 9.98 Å². The highest BCUT2D eigenvalue weighted by Gasteiger charge is 2.38. The molecule has 0 aromatic rings. The van der Waals surface area contributed by atoms with E-state index in [1.807, 2.05) is 6.92 Å². The zero-order valence-corrected chi connectivity index (χ0v) is 14.3. The van der Waals surface area contributed by atoms with Crippen molar-refractivity contribution in [2.45, 2.75) is 44.7 Å². The van der Waals surface area contributed by atoms with Gasteiger partial charge >= 0.3 is 0 Å². The fourth-order valence-electron chi connectivity index (χ4n) is 3.20. The Hall–Kier alpha value is -1.32. The lowest BCUT2D eigenvalue weighted by atomic mass is 10.0. The molecule has 2 rings (SSSR count). The SMILES string of the molecule is C=NC(N)=NC1CCN(S(=O)(=O)N2CCC(C=O)CC2)C(C)C1. The summed E-state index contributed by atoms with van der Waals surface area (Å²) in [6.45, 7) is 6.44. The van der Waals surface area contributed by atoms with E-state index in [2.05, 4.69) is 16.7 Å². The minimum Gasteiger partial charge on any atom is -0.368 e. The van der Waals surface area contributed by atoms with Crippen LogP contribution in [0.5, 0.6) is 0 Å². The maximum atomic E-state index is 12.8. The molecule has 0 aromatic carbocycles. The lowest BCUT2D eigenvalue weighted by molar-refractivity contribution is -0.112. The maximum Gasteiger partial charge on any atom is 0.282 e. The third-order valence-corrected chi connectivity index (χ3v) is 6.73. The summed E-state index contributed by atoms with van der Waals surface area (Å²) >= 11 is 0. The molecule has 0 spiro atoms. The molecule has 0 bridgehead atoms. The number of nitrogens with zero attached hydrogens (tertiary/aromatic N) is 4. The van der Waals surface area contributed by atoms with Gasteiger partial charge < -0.3 is 10.5 Å². The van der Waals surface area contributed by atoms with Crippen molar-refractivity contribution in [3.63, 3.8) is 0 Å². The molecule has 0 aromatic heterocycles. The van der Waals surface area contributed by atoms with Crippen LogP contribution in [0, 0.1) is 5.92 Å². The molecule has 2 unspecified atom stereocenters. The standard InChI is InChI=1S/C14H25N5O3S/c1-11-9-13(17-14(15)16-2)5-8-19(11)23(21,22)18-6-3-12(10-20)4-7-18/h10-13H,2-9H2,1H3,(H2,15,17). The molecule has 2 aliphatic heterocycles. The Bertz CT molecular complexity index is 569. The number of hydrogen-bond acceptors (Lipinski definition) is 4. The first kappa shape index (κ1) is 18.0. The minimum atomic E-state index is -3.49. The van der Waals surface area contributed by atoms with E-state index in [-0.39, 0.29) is 24.0 Å². The number of hydrogen-bond donors (Lipinski definition) is 1. The van der Waals surface area contributed by atoms with Gasteiger partial charge in [0.05, 0.1) is 6.04 Å². The van der Waals surface area contributed by atoms with E-state index in [9.17, 15) is 13.2 Å². The van der Waals surface area contributed by atoms with Gasteiger partial charge in [-0.05, 0) is 39.3 Å². The Morgan fingerprint density at radius 1 is 1.26 bits per heavy atom. The van der Waals surface area contributed by atoms with Crippen molar-refractivity contribution in [3.05, 3.63) is 0 Å². The number of nitrogens with two attached hydrogens (primary N) is 1. The first-order valence-corrected chi connectivity index (χ1v) is 9.30. The molecule has 2 aliphatic rings. The van der Waals surface area contributed by atoms with E-state index >= 15 is 0 Å². The van der Waals surface area contributed by atoms with Crippen LogP contribution in [0.2, 0.25) is 0 Å². The van der Waals surface area contributed by atoms with Gasteiger partial charge in [-0.15, -0.1) is 0 Å². The molecule has 0 saturated carbocycles. The van der Waals surface area contributed by atoms with Crippen molar-refractivity contribution < 1.29 is 13.2 Å². The Labute approximate surface area is 137 Å². The summed E-state index contributed by atoms with van der Waals surface area (Å²) in [4.78, 5) is 18.6. The summed E-state index contributed by atoms with van der Waals surface area (Å²) in [5.41, 5.74) is 5.57. The van der Waals surface area contributed by atoms with E-state index in [0.29, 0.717) is 45.3 Å². The number of piperidine rings is 2. The Balaban J connectivity index is 2.01. The first-order valence-electron chi connectivity index (χ1n) is 7.90. The fourth-order valence-corrected chi connectivity index (χ4v) is 5.05. The molecule has 9 heteroatoms. The van der Waals surface area contributed by atoms with Crippen LogP contribution in [0.3, 0.4) is 0 Å². The topological polar surface area (TPSA) is 108 Å². The molecule has 2 fully saturated rings. The number of carbonyl (C=O) groups excluding carboxylic acids is 1. The predicted octanol–water partition coefficient (Wildman–Crippen LogP) is 0.0103. The lowest BCUT2D eigenvalue weighted by Crippen LogP contribution is -2.53. The second kappa shape index (κ2) is 7.50. The van der Waals surface area contributed by atoms with Crippen LogP contribution >= 0.6 is 0 Å². The van der Waals surface area contributed by atoms with Crippen molar-refractivity contribution in [2.24, 2.45) is 21.6 Å². The third-order valence-electron chi connectivity index (χ3n) is 4.58. The monoisotopic (exact) mass is 343 g/mol. The first-order chi connectivity index (χ1) is 10.9. The molecular formula is C14H25N5O3S. The zero-order valence-electron chi connectivity index (χ0n) is 13.5. The number of rotatable bonds is 4. The van der Waals surface area contributed by atoms with Crippen LogP contribution in [0.1, 0.15) is 32.6 Å². The minimum absolute atomic E-state index is 0.0201. The zero-order chi connectivity index (χ0) is 17.0. The van der Waals surface area contributed by atoms with Gasteiger partial charge in [0.25, 0.3) is 10.2 Å². The quantitative estimate of drug-likeness (QED) is 0.440. The maximum absolute atomic E-state index is 12.8. The Morgan fingerprint density at radius 2 is 1.91 bits per heavy atom. The summed E-state index contributed by atoms with van der Waals surface area (Å²) in [5, 5.41) is 0. The number of aliphatic imine (C=N–C) groups is 2. The highest BCUT2D eigenvalue weighted by Crippen LogP contribution is 2.27. The number of carbonyl (C=O) groups is 1. The highest BCUT2D eigenvalue weighted by molar-refractivity contribution is 7.86. The van der Waals surface area contributed by atoms with Crippen molar-refractivity contribution in [3.8, 4) is 0 Å². The molecule has 8 nitrogen and oxygen atoms in total. The van der Waals surface area contributed by atoms with Crippen LogP contribution in [-0.2, 0) is 15.0 Å². The normalized spacial score (nSPS) is 29.3. The Kier molecular flexibility index (Phi) is 5.88. The van der Waals surface area contributed by atoms with Crippen LogP contribution in [0.15, 0.2) is 9.98 Å². The van der Waals surface area contributed by atoms with Gasteiger partial charge in [0.1, 0.15) is 6.29 Å². The molecule has 2 heterocycles. The largest absolute Gasteiger partial charge is 0.368 e. The average Bonchev–Trinajstić information content (AvgIpc) is 2.54. The van der Waals surface area contributed by atoms with Gasteiger partial charge in [-0.1, -0.05) is 0 Å². The Morgan fingerprint density at radius 3 is 2.43 bits per heavy atom. The third kappa shape index (κ3) is 4.15. The van der Waals surface area contributed by atoms with Crippen molar-refractivity contribution in [1.82, 2.24) is 8.61 Å². The molecule has 2 N–H and O–H groups in total. The van der Waals surface area contributed by atoms with Gasteiger partial charge in [0.15, 0.2) is 0 Å². The highest BCUT2D eigenvalue weighted by atomic mass is 32.2. The van der Waals surface area contributed by atoms with Crippen LogP contribution < -0.4 is 5.73 Å².